The number of aromatic nitrogens is 2. The van der Waals surface area contributed by atoms with Gasteiger partial charge in [0.1, 0.15) is 5.75 Å². The number of methoxy groups -OCH3 is 1. The zero-order valence-corrected chi connectivity index (χ0v) is 14.4. The summed E-state index contributed by atoms with van der Waals surface area (Å²) in [6.45, 7) is 6.11. The zero-order chi connectivity index (χ0) is 15.2. The molecule has 0 bridgehead atoms. The van der Waals surface area contributed by atoms with Crippen molar-refractivity contribution in [3.05, 3.63) is 46.2 Å². The van der Waals surface area contributed by atoms with Crippen molar-refractivity contribution in [2.45, 2.75) is 32.9 Å². The van der Waals surface area contributed by atoms with Crippen LogP contribution in [0.15, 0.2) is 35.1 Å². The van der Waals surface area contributed by atoms with Gasteiger partial charge in [-0.15, -0.1) is 0 Å². The van der Waals surface area contributed by atoms with Crippen LogP contribution in [0.5, 0.6) is 5.75 Å². The SMILES string of the molecule is CCCNC(c1ccc(OC)c(Br)c1)c1cnn(CC)c1. The van der Waals surface area contributed by atoms with Gasteiger partial charge in [0.15, 0.2) is 0 Å². The Hall–Kier alpha value is -1.33. The van der Waals surface area contributed by atoms with Gasteiger partial charge in [0.2, 0.25) is 0 Å². The Morgan fingerprint density at radius 1 is 1.33 bits per heavy atom. The first kappa shape index (κ1) is 16.0. The normalized spacial score (nSPS) is 12.4. The molecule has 21 heavy (non-hydrogen) atoms. The summed E-state index contributed by atoms with van der Waals surface area (Å²) in [6, 6.07) is 6.34. The lowest BCUT2D eigenvalue weighted by Crippen LogP contribution is -2.23. The molecule has 0 amide bonds. The largest absolute Gasteiger partial charge is 0.496 e. The number of hydrogen-bond donors (Lipinski definition) is 1. The van der Waals surface area contributed by atoms with Crippen molar-refractivity contribution in [2.75, 3.05) is 13.7 Å². The summed E-state index contributed by atoms with van der Waals surface area (Å²) in [5.41, 5.74) is 2.38. The van der Waals surface area contributed by atoms with Gasteiger partial charge in [-0.05, 0) is 53.5 Å². The molecule has 4 nitrogen and oxygen atoms in total. The van der Waals surface area contributed by atoms with Crippen molar-refractivity contribution in [2.24, 2.45) is 0 Å². The molecule has 2 aromatic rings. The molecule has 1 N–H and O–H groups in total. The molecule has 1 aromatic carbocycles. The zero-order valence-electron chi connectivity index (χ0n) is 12.8. The standard InChI is InChI=1S/C16H22BrN3O/c1-4-8-18-16(13-10-19-20(5-2)11-13)12-6-7-15(21-3)14(17)9-12/h6-7,9-11,16,18H,4-5,8H2,1-3H3. The fraction of sp³-hybridized carbons (Fsp3) is 0.438. The van der Waals surface area contributed by atoms with Crippen molar-refractivity contribution in [1.29, 1.82) is 0 Å². The number of aryl methyl sites for hydroxylation is 1. The first-order chi connectivity index (χ1) is 10.2. The molecule has 0 aliphatic carbocycles. The summed E-state index contributed by atoms with van der Waals surface area (Å²) >= 11 is 3.56. The van der Waals surface area contributed by atoms with Crippen molar-refractivity contribution in [3.8, 4) is 5.75 Å². The molecule has 2 rings (SSSR count). The van der Waals surface area contributed by atoms with Gasteiger partial charge >= 0.3 is 0 Å². The van der Waals surface area contributed by atoms with E-state index in [9.17, 15) is 0 Å². The summed E-state index contributed by atoms with van der Waals surface area (Å²) in [4.78, 5) is 0. The summed E-state index contributed by atoms with van der Waals surface area (Å²) in [7, 11) is 1.68. The topological polar surface area (TPSA) is 39.1 Å². The highest BCUT2D eigenvalue weighted by Crippen LogP contribution is 2.30. The average molecular weight is 352 g/mol. The fourth-order valence-corrected chi connectivity index (χ4v) is 2.84. The summed E-state index contributed by atoms with van der Waals surface area (Å²) in [6.07, 6.45) is 5.14. The highest BCUT2D eigenvalue weighted by Gasteiger charge is 2.16. The quantitative estimate of drug-likeness (QED) is 0.825. The number of halogens is 1. The molecule has 1 atom stereocenters. The maximum absolute atomic E-state index is 5.30. The molecule has 0 aliphatic rings. The van der Waals surface area contributed by atoms with E-state index in [1.54, 1.807) is 7.11 Å². The number of benzene rings is 1. The predicted octanol–water partition coefficient (Wildman–Crippen LogP) is 3.76. The van der Waals surface area contributed by atoms with Crippen LogP contribution in [0.1, 0.15) is 37.4 Å². The van der Waals surface area contributed by atoms with Crippen LogP contribution in [0.3, 0.4) is 0 Å². The van der Waals surface area contributed by atoms with Crippen molar-refractivity contribution in [3.63, 3.8) is 0 Å². The number of hydrogen-bond acceptors (Lipinski definition) is 3. The first-order valence-electron chi connectivity index (χ1n) is 7.28. The molecule has 1 heterocycles. The summed E-state index contributed by atoms with van der Waals surface area (Å²) < 4.78 is 8.22. The molecule has 0 spiro atoms. The molecular formula is C16H22BrN3O. The minimum absolute atomic E-state index is 0.146. The third kappa shape index (κ3) is 3.86. The van der Waals surface area contributed by atoms with Gasteiger partial charge in [-0.25, -0.2) is 0 Å². The van der Waals surface area contributed by atoms with Gasteiger partial charge in [0.25, 0.3) is 0 Å². The second kappa shape index (κ2) is 7.61. The van der Waals surface area contributed by atoms with Crippen LogP contribution in [0.4, 0.5) is 0 Å². The summed E-state index contributed by atoms with van der Waals surface area (Å²) in [5, 5.41) is 7.97. The van der Waals surface area contributed by atoms with Crippen LogP contribution in [0.25, 0.3) is 0 Å². The monoisotopic (exact) mass is 351 g/mol. The molecule has 0 saturated carbocycles. The van der Waals surface area contributed by atoms with Crippen LogP contribution in [0.2, 0.25) is 0 Å². The number of nitrogens with one attached hydrogen (secondary N) is 1. The van der Waals surface area contributed by atoms with E-state index < -0.39 is 0 Å². The van der Waals surface area contributed by atoms with E-state index in [1.165, 1.54) is 11.1 Å². The minimum Gasteiger partial charge on any atom is -0.496 e. The van der Waals surface area contributed by atoms with E-state index in [0.717, 1.165) is 29.7 Å². The molecule has 0 saturated heterocycles. The lowest BCUT2D eigenvalue weighted by Gasteiger charge is -2.18. The van der Waals surface area contributed by atoms with E-state index >= 15 is 0 Å². The van der Waals surface area contributed by atoms with E-state index in [-0.39, 0.29) is 6.04 Å². The molecule has 0 radical (unpaired) electrons. The molecule has 5 heteroatoms. The Labute approximate surface area is 134 Å². The van der Waals surface area contributed by atoms with Crippen molar-refractivity contribution < 1.29 is 4.74 Å². The molecular weight excluding hydrogens is 330 g/mol. The van der Waals surface area contributed by atoms with Gasteiger partial charge in [-0.3, -0.25) is 4.68 Å². The highest BCUT2D eigenvalue weighted by atomic mass is 79.9. The maximum Gasteiger partial charge on any atom is 0.133 e. The Morgan fingerprint density at radius 3 is 2.71 bits per heavy atom. The predicted molar refractivity (Wildman–Crippen MR) is 88.7 cm³/mol. The van der Waals surface area contributed by atoms with E-state index in [0.29, 0.717) is 0 Å². The van der Waals surface area contributed by atoms with Crippen molar-refractivity contribution >= 4 is 15.9 Å². The average Bonchev–Trinajstić information content (AvgIpc) is 2.96. The summed E-state index contributed by atoms with van der Waals surface area (Å²) in [5.74, 6) is 0.845. The highest BCUT2D eigenvalue weighted by molar-refractivity contribution is 9.10. The number of nitrogens with zero attached hydrogens (tertiary/aromatic N) is 2. The van der Waals surface area contributed by atoms with Gasteiger partial charge in [0, 0.05) is 18.3 Å². The van der Waals surface area contributed by atoms with Gasteiger partial charge in [-0.2, -0.15) is 5.10 Å². The first-order valence-corrected chi connectivity index (χ1v) is 8.08. The van der Waals surface area contributed by atoms with Crippen molar-refractivity contribution in [1.82, 2.24) is 15.1 Å². The molecule has 1 aromatic heterocycles. The minimum atomic E-state index is 0.146. The smallest absolute Gasteiger partial charge is 0.133 e. The second-order valence-electron chi connectivity index (χ2n) is 4.91. The molecule has 114 valence electrons. The van der Waals surface area contributed by atoms with E-state index in [4.69, 9.17) is 4.74 Å². The third-order valence-electron chi connectivity index (χ3n) is 3.42. The number of rotatable bonds is 7. The second-order valence-corrected chi connectivity index (χ2v) is 5.76. The van der Waals surface area contributed by atoms with Gasteiger partial charge in [0.05, 0.1) is 23.8 Å². The number of ether oxygens (including phenoxy) is 1. The van der Waals surface area contributed by atoms with Crippen LogP contribution in [0, 0.1) is 0 Å². The molecule has 1 unspecified atom stereocenters. The Morgan fingerprint density at radius 2 is 2.14 bits per heavy atom. The lowest BCUT2D eigenvalue weighted by molar-refractivity contribution is 0.411. The maximum atomic E-state index is 5.30. The van der Waals surface area contributed by atoms with Crippen LogP contribution < -0.4 is 10.1 Å². The third-order valence-corrected chi connectivity index (χ3v) is 4.04. The van der Waals surface area contributed by atoms with Gasteiger partial charge < -0.3 is 10.1 Å². The van der Waals surface area contributed by atoms with E-state index in [2.05, 4.69) is 58.5 Å². The Bertz CT molecular complexity index is 583. The molecule has 0 aliphatic heterocycles. The van der Waals surface area contributed by atoms with Crippen LogP contribution in [-0.4, -0.2) is 23.4 Å². The van der Waals surface area contributed by atoms with E-state index in [1.807, 2.05) is 16.9 Å². The Balaban J connectivity index is 2.32. The lowest BCUT2D eigenvalue weighted by atomic mass is 10.0. The molecule has 0 fully saturated rings. The van der Waals surface area contributed by atoms with Gasteiger partial charge in [-0.1, -0.05) is 13.0 Å². The van der Waals surface area contributed by atoms with Crippen LogP contribution >= 0.6 is 15.9 Å². The fourth-order valence-electron chi connectivity index (χ4n) is 2.28. The Kier molecular flexibility index (Phi) is 5.82. The van der Waals surface area contributed by atoms with Crippen LogP contribution in [-0.2, 0) is 6.54 Å².